The second-order valence-electron chi connectivity index (χ2n) is 10.7. The van der Waals surface area contributed by atoms with E-state index in [1.165, 1.54) is 18.4 Å². The summed E-state index contributed by atoms with van der Waals surface area (Å²) in [4.78, 5) is 34.9. The molecule has 2 amide bonds. The molecule has 0 radical (unpaired) electrons. The predicted octanol–water partition coefficient (Wildman–Crippen LogP) is 4.33. The van der Waals surface area contributed by atoms with Gasteiger partial charge in [-0.05, 0) is 68.8 Å². The number of carbonyl (C=O) groups excluding carboxylic acids is 2. The molecular formula is C29H38N4O2. The molecule has 2 saturated heterocycles. The van der Waals surface area contributed by atoms with E-state index in [0.717, 1.165) is 70.3 Å². The van der Waals surface area contributed by atoms with Gasteiger partial charge in [0.1, 0.15) is 0 Å². The fourth-order valence-electron chi connectivity index (χ4n) is 6.22. The van der Waals surface area contributed by atoms with Gasteiger partial charge in [0.25, 0.3) is 0 Å². The number of rotatable bonds is 8. The Kier molecular flexibility index (Phi) is 7.47. The van der Waals surface area contributed by atoms with Gasteiger partial charge in [0.05, 0.1) is 11.5 Å². The lowest BCUT2D eigenvalue weighted by atomic mass is 9.77. The van der Waals surface area contributed by atoms with Gasteiger partial charge in [0.15, 0.2) is 0 Å². The largest absolute Gasteiger partial charge is 0.349 e. The van der Waals surface area contributed by atoms with Crippen LogP contribution in [-0.2, 0) is 16.1 Å². The van der Waals surface area contributed by atoms with Crippen molar-refractivity contribution in [2.24, 2.45) is 11.3 Å². The first-order chi connectivity index (χ1) is 17.1. The van der Waals surface area contributed by atoms with Crippen LogP contribution in [0, 0.1) is 11.3 Å². The molecule has 1 aromatic heterocycles. The minimum Gasteiger partial charge on any atom is -0.349 e. The third-order valence-corrected chi connectivity index (χ3v) is 8.49. The molecule has 186 valence electrons. The molecule has 1 saturated carbocycles. The van der Waals surface area contributed by atoms with Gasteiger partial charge in [-0.2, -0.15) is 0 Å². The average Bonchev–Trinajstić information content (AvgIpc) is 3.54. The highest BCUT2D eigenvalue weighted by molar-refractivity contribution is 5.85. The molecule has 1 unspecified atom stereocenters. The number of hydrogen-bond acceptors (Lipinski definition) is 4. The number of likely N-dealkylation sites (tertiary alicyclic amines) is 2. The summed E-state index contributed by atoms with van der Waals surface area (Å²) in [5, 5.41) is 3.37. The van der Waals surface area contributed by atoms with Gasteiger partial charge >= 0.3 is 0 Å². The van der Waals surface area contributed by atoms with Gasteiger partial charge in [-0.1, -0.05) is 49.2 Å². The standard InChI is InChI=1S/C29H38N4O2/c34-27(25-10-4-5-11-25)31-26(24-8-2-1-3-9-24)12-17-32-18-13-29(14-19-32)15-20-33(28(29)35)22-23-7-6-16-30-21-23/h1-3,6-9,16,21,25-26H,4-5,10-15,17-20,22H2,(H,31,34). The monoisotopic (exact) mass is 474 g/mol. The molecule has 5 rings (SSSR count). The van der Waals surface area contributed by atoms with Crippen LogP contribution >= 0.6 is 0 Å². The second-order valence-corrected chi connectivity index (χ2v) is 10.7. The van der Waals surface area contributed by atoms with Crippen LogP contribution in [-0.4, -0.2) is 52.8 Å². The zero-order valence-corrected chi connectivity index (χ0v) is 20.7. The minimum absolute atomic E-state index is 0.0447. The van der Waals surface area contributed by atoms with Crippen molar-refractivity contribution in [1.29, 1.82) is 0 Å². The molecule has 1 aromatic carbocycles. The normalized spacial score (nSPS) is 21.5. The van der Waals surface area contributed by atoms with Gasteiger partial charge < -0.3 is 15.1 Å². The van der Waals surface area contributed by atoms with E-state index >= 15 is 0 Å². The number of nitrogens with one attached hydrogen (secondary N) is 1. The second kappa shape index (κ2) is 10.9. The van der Waals surface area contributed by atoms with Gasteiger partial charge in [-0.15, -0.1) is 0 Å². The van der Waals surface area contributed by atoms with Crippen LogP contribution in [0.25, 0.3) is 0 Å². The molecule has 35 heavy (non-hydrogen) atoms. The quantitative estimate of drug-likeness (QED) is 0.618. The number of nitrogens with zero attached hydrogens (tertiary/aromatic N) is 3. The maximum atomic E-state index is 13.3. The van der Waals surface area contributed by atoms with Crippen molar-refractivity contribution in [3.63, 3.8) is 0 Å². The van der Waals surface area contributed by atoms with Crippen molar-refractivity contribution in [1.82, 2.24) is 20.1 Å². The van der Waals surface area contributed by atoms with Crippen LogP contribution in [0.5, 0.6) is 0 Å². The van der Waals surface area contributed by atoms with E-state index in [9.17, 15) is 9.59 Å². The lowest BCUT2D eigenvalue weighted by Crippen LogP contribution is -2.45. The van der Waals surface area contributed by atoms with Crippen LogP contribution in [0.15, 0.2) is 54.9 Å². The van der Waals surface area contributed by atoms with Crippen LogP contribution in [0.3, 0.4) is 0 Å². The molecule has 6 nitrogen and oxygen atoms in total. The molecule has 1 spiro atoms. The van der Waals surface area contributed by atoms with Gasteiger partial charge in [0.2, 0.25) is 11.8 Å². The zero-order chi connectivity index (χ0) is 24.1. The summed E-state index contributed by atoms with van der Waals surface area (Å²) < 4.78 is 0. The Balaban J connectivity index is 1.15. The Morgan fingerprint density at radius 1 is 1.03 bits per heavy atom. The summed E-state index contributed by atoms with van der Waals surface area (Å²) >= 11 is 0. The summed E-state index contributed by atoms with van der Waals surface area (Å²) in [5.41, 5.74) is 2.10. The Hall–Kier alpha value is -2.73. The number of piperidine rings is 1. The molecule has 3 fully saturated rings. The smallest absolute Gasteiger partial charge is 0.229 e. The van der Waals surface area contributed by atoms with Gasteiger partial charge in [-0.3, -0.25) is 14.6 Å². The van der Waals surface area contributed by atoms with E-state index in [-0.39, 0.29) is 23.3 Å². The average molecular weight is 475 g/mol. The summed E-state index contributed by atoms with van der Waals surface area (Å²) in [5.74, 6) is 0.727. The molecule has 3 aliphatic rings. The number of benzene rings is 1. The molecule has 1 aliphatic carbocycles. The van der Waals surface area contributed by atoms with Crippen LogP contribution < -0.4 is 5.32 Å². The van der Waals surface area contributed by atoms with E-state index in [1.54, 1.807) is 6.20 Å². The van der Waals surface area contributed by atoms with E-state index < -0.39 is 0 Å². The maximum absolute atomic E-state index is 13.3. The molecular weight excluding hydrogens is 436 g/mol. The molecule has 0 bridgehead atoms. The Morgan fingerprint density at radius 2 is 1.77 bits per heavy atom. The third-order valence-electron chi connectivity index (χ3n) is 8.49. The van der Waals surface area contributed by atoms with Crippen LogP contribution in [0.2, 0.25) is 0 Å². The molecule has 1 N–H and O–H groups in total. The first-order valence-electron chi connectivity index (χ1n) is 13.4. The van der Waals surface area contributed by atoms with E-state index in [4.69, 9.17) is 0 Å². The number of carbonyl (C=O) groups is 2. The molecule has 3 heterocycles. The number of pyridine rings is 1. The Morgan fingerprint density at radius 3 is 2.49 bits per heavy atom. The fraction of sp³-hybridized carbons (Fsp3) is 0.552. The Bertz CT molecular complexity index is 982. The van der Waals surface area contributed by atoms with Gasteiger partial charge in [0, 0.05) is 37.9 Å². The number of aromatic nitrogens is 1. The van der Waals surface area contributed by atoms with Crippen molar-refractivity contribution < 1.29 is 9.59 Å². The van der Waals surface area contributed by atoms with Crippen LogP contribution in [0.1, 0.15) is 68.5 Å². The van der Waals surface area contributed by atoms with Crippen molar-refractivity contribution in [3.8, 4) is 0 Å². The van der Waals surface area contributed by atoms with Crippen molar-refractivity contribution in [2.45, 2.75) is 64.0 Å². The number of amides is 2. The third kappa shape index (κ3) is 5.58. The topological polar surface area (TPSA) is 65.5 Å². The van der Waals surface area contributed by atoms with E-state index in [1.807, 2.05) is 29.3 Å². The summed E-state index contributed by atoms with van der Waals surface area (Å²) in [7, 11) is 0. The first-order valence-corrected chi connectivity index (χ1v) is 13.4. The highest BCUT2D eigenvalue weighted by atomic mass is 16.2. The summed E-state index contributed by atoms with van der Waals surface area (Å²) in [6.07, 6.45) is 11.7. The molecule has 6 heteroatoms. The summed E-state index contributed by atoms with van der Waals surface area (Å²) in [6, 6.07) is 14.4. The lowest BCUT2D eigenvalue weighted by Gasteiger charge is -2.38. The molecule has 2 aliphatic heterocycles. The lowest BCUT2D eigenvalue weighted by molar-refractivity contribution is -0.139. The van der Waals surface area contributed by atoms with Crippen molar-refractivity contribution in [3.05, 3.63) is 66.0 Å². The van der Waals surface area contributed by atoms with Crippen LogP contribution in [0.4, 0.5) is 0 Å². The highest BCUT2D eigenvalue weighted by Crippen LogP contribution is 2.42. The zero-order valence-electron chi connectivity index (χ0n) is 20.7. The van der Waals surface area contributed by atoms with Gasteiger partial charge in [-0.25, -0.2) is 0 Å². The minimum atomic E-state index is -0.186. The SMILES string of the molecule is O=C(NC(CCN1CCC2(CC1)CCN(Cc1cccnc1)C2=O)c1ccccc1)C1CCCC1. The van der Waals surface area contributed by atoms with E-state index in [2.05, 4.69) is 39.5 Å². The highest BCUT2D eigenvalue weighted by Gasteiger charge is 2.47. The van der Waals surface area contributed by atoms with Crippen molar-refractivity contribution in [2.75, 3.05) is 26.2 Å². The Labute approximate surface area is 209 Å². The first kappa shape index (κ1) is 24.0. The molecule has 2 aromatic rings. The fourth-order valence-corrected chi connectivity index (χ4v) is 6.22. The van der Waals surface area contributed by atoms with E-state index in [0.29, 0.717) is 12.5 Å². The predicted molar refractivity (Wildman–Crippen MR) is 136 cm³/mol. The maximum Gasteiger partial charge on any atom is 0.229 e. The number of hydrogen-bond donors (Lipinski definition) is 1. The van der Waals surface area contributed by atoms with Crippen molar-refractivity contribution >= 4 is 11.8 Å². The summed E-state index contributed by atoms with van der Waals surface area (Å²) in [6.45, 7) is 4.35. The molecule has 1 atom stereocenters.